The van der Waals surface area contributed by atoms with Gasteiger partial charge in [-0.2, -0.15) is 0 Å². The van der Waals surface area contributed by atoms with E-state index in [1.165, 1.54) is 0 Å². The maximum Gasteiger partial charge on any atom is 0.407 e. The Balaban J connectivity index is 1.70. The number of ether oxygens (including phenoxy) is 1. The van der Waals surface area contributed by atoms with Gasteiger partial charge < -0.3 is 15.2 Å². The number of fused-ring (bicyclic) bond motifs is 3. The molecule has 0 bridgehead atoms. The molecule has 5 heteroatoms. The maximum absolute atomic E-state index is 12.4. The molecule has 2 aromatic carbocycles. The monoisotopic (exact) mass is 381 g/mol. The fourth-order valence-electron chi connectivity index (χ4n) is 3.89. The van der Waals surface area contributed by atoms with E-state index in [-0.39, 0.29) is 24.4 Å². The molecule has 0 aromatic heterocycles. The molecule has 28 heavy (non-hydrogen) atoms. The molecule has 0 aliphatic heterocycles. The lowest BCUT2D eigenvalue weighted by Gasteiger charge is -2.26. The molecule has 148 valence electrons. The van der Waals surface area contributed by atoms with Crippen molar-refractivity contribution in [2.45, 2.75) is 39.2 Å². The van der Waals surface area contributed by atoms with Crippen LogP contribution < -0.4 is 5.32 Å². The normalized spacial score (nSPS) is 15.8. The predicted octanol–water partition coefficient (Wildman–Crippen LogP) is 4.66. The Kier molecular flexibility index (Phi) is 6.02. The van der Waals surface area contributed by atoms with Gasteiger partial charge >= 0.3 is 12.1 Å². The van der Waals surface area contributed by atoms with Gasteiger partial charge in [0.25, 0.3) is 0 Å². The summed E-state index contributed by atoms with van der Waals surface area (Å²) in [5.41, 5.74) is 4.56. The van der Waals surface area contributed by atoms with Crippen molar-refractivity contribution in [2.24, 2.45) is 11.8 Å². The second kappa shape index (κ2) is 8.46. The van der Waals surface area contributed by atoms with Gasteiger partial charge in [-0.05, 0) is 34.1 Å². The molecule has 0 heterocycles. The second-order valence-corrected chi connectivity index (χ2v) is 7.53. The molecule has 0 fully saturated rings. The molecule has 0 radical (unpaired) electrons. The average Bonchev–Trinajstić information content (AvgIpc) is 3.03. The number of alkyl carbamates (subject to hydrolysis) is 1. The predicted molar refractivity (Wildman–Crippen MR) is 108 cm³/mol. The van der Waals surface area contributed by atoms with E-state index in [1.807, 2.05) is 57.2 Å². The van der Waals surface area contributed by atoms with Crippen molar-refractivity contribution in [3.05, 3.63) is 59.7 Å². The van der Waals surface area contributed by atoms with Crippen LogP contribution in [0.4, 0.5) is 4.79 Å². The first-order chi connectivity index (χ1) is 13.4. The molecule has 3 unspecified atom stereocenters. The largest absolute Gasteiger partial charge is 0.480 e. The Morgan fingerprint density at radius 2 is 1.57 bits per heavy atom. The molecule has 3 rings (SSSR count). The number of hydrogen-bond donors (Lipinski definition) is 2. The standard InChI is InChI=1S/C23H27NO4/c1-4-14(2)15(3)21(22(25)26)24-23(27)28-13-20-18-11-7-5-9-16(18)17-10-6-8-12-19(17)20/h5-12,14-15,20-21H,4,13H2,1-3H3,(H,24,27)(H,25,26). The lowest BCUT2D eigenvalue weighted by molar-refractivity contribution is -0.141. The van der Waals surface area contributed by atoms with E-state index in [2.05, 4.69) is 17.4 Å². The SMILES string of the molecule is CCC(C)C(C)C(NC(=O)OCC1c2ccccc2-c2ccccc21)C(=O)O. The Labute approximate surface area is 165 Å². The highest BCUT2D eigenvalue weighted by molar-refractivity contribution is 5.81. The van der Waals surface area contributed by atoms with Crippen molar-refractivity contribution in [3.63, 3.8) is 0 Å². The molecular formula is C23H27NO4. The quantitative estimate of drug-likeness (QED) is 0.731. The molecule has 0 saturated heterocycles. The second-order valence-electron chi connectivity index (χ2n) is 7.53. The van der Waals surface area contributed by atoms with Crippen LogP contribution in [0.3, 0.4) is 0 Å². The first-order valence-electron chi connectivity index (χ1n) is 9.78. The molecule has 2 N–H and O–H groups in total. The van der Waals surface area contributed by atoms with Crippen molar-refractivity contribution >= 4 is 12.1 Å². The van der Waals surface area contributed by atoms with E-state index in [1.54, 1.807) is 0 Å². The van der Waals surface area contributed by atoms with E-state index in [9.17, 15) is 14.7 Å². The van der Waals surface area contributed by atoms with Crippen molar-refractivity contribution in [2.75, 3.05) is 6.61 Å². The molecule has 3 atom stereocenters. The minimum absolute atomic E-state index is 0.0478. The zero-order valence-electron chi connectivity index (χ0n) is 16.5. The highest BCUT2D eigenvalue weighted by Gasteiger charge is 2.32. The topological polar surface area (TPSA) is 75.6 Å². The fraction of sp³-hybridized carbons (Fsp3) is 0.391. The Hall–Kier alpha value is -2.82. The van der Waals surface area contributed by atoms with Gasteiger partial charge in [0.05, 0.1) is 0 Å². The Bertz CT molecular complexity index is 818. The number of carboxylic acids is 1. The minimum atomic E-state index is -1.04. The number of benzene rings is 2. The number of amides is 1. The van der Waals surface area contributed by atoms with Gasteiger partial charge in [0.15, 0.2) is 0 Å². The number of aliphatic carboxylic acids is 1. The number of carboxylic acid groups (broad SMARTS) is 1. The van der Waals surface area contributed by atoms with Gasteiger partial charge in [-0.25, -0.2) is 9.59 Å². The summed E-state index contributed by atoms with van der Waals surface area (Å²) in [7, 11) is 0. The summed E-state index contributed by atoms with van der Waals surface area (Å²) in [5, 5.41) is 12.0. The van der Waals surface area contributed by atoms with Crippen molar-refractivity contribution in [3.8, 4) is 11.1 Å². The number of carbonyl (C=O) groups is 2. The average molecular weight is 381 g/mol. The summed E-state index contributed by atoms with van der Waals surface area (Å²) < 4.78 is 5.47. The first-order valence-corrected chi connectivity index (χ1v) is 9.78. The maximum atomic E-state index is 12.4. The third-order valence-corrected chi connectivity index (χ3v) is 5.95. The van der Waals surface area contributed by atoms with Crippen molar-refractivity contribution < 1.29 is 19.4 Å². The molecule has 1 aliphatic rings. The molecule has 2 aromatic rings. The van der Waals surface area contributed by atoms with Crippen molar-refractivity contribution in [1.29, 1.82) is 0 Å². The van der Waals surface area contributed by atoms with E-state index in [0.29, 0.717) is 0 Å². The smallest absolute Gasteiger partial charge is 0.407 e. The van der Waals surface area contributed by atoms with E-state index in [0.717, 1.165) is 28.7 Å². The van der Waals surface area contributed by atoms with E-state index >= 15 is 0 Å². The van der Waals surface area contributed by atoms with Crippen LogP contribution in [0.1, 0.15) is 44.2 Å². The fourth-order valence-corrected chi connectivity index (χ4v) is 3.89. The highest BCUT2D eigenvalue weighted by Crippen LogP contribution is 2.44. The summed E-state index contributed by atoms with van der Waals surface area (Å²) in [5.74, 6) is -1.10. The van der Waals surface area contributed by atoms with Crippen LogP contribution in [0, 0.1) is 11.8 Å². The van der Waals surface area contributed by atoms with Crippen LogP contribution in [-0.2, 0) is 9.53 Å². The van der Waals surface area contributed by atoms with Crippen LogP contribution in [0.25, 0.3) is 11.1 Å². The molecule has 0 spiro atoms. The molecule has 5 nitrogen and oxygen atoms in total. The van der Waals surface area contributed by atoms with Crippen LogP contribution in [0.2, 0.25) is 0 Å². The minimum Gasteiger partial charge on any atom is -0.480 e. The summed E-state index contributed by atoms with van der Waals surface area (Å²) in [6.45, 7) is 6.01. The van der Waals surface area contributed by atoms with Crippen LogP contribution >= 0.6 is 0 Å². The summed E-state index contributed by atoms with van der Waals surface area (Å²) in [6, 6.07) is 15.2. The Morgan fingerprint density at radius 1 is 1.04 bits per heavy atom. The van der Waals surface area contributed by atoms with Crippen LogP contribution in [0.15, 0.2) is 48.5 Å². The summed E-state index contributed by atoms with van der Waals surface area (Å²) >= 11 is 0. The summed E-state index contributed by atoms with van der Waals surface area (Å²) in [6.07, 6.45) is 0.154. The molecule has 1 amide bonds. The number of carbonyl (C=O) groups excluding carboxylic acids is 1. The van der Waals surface area contributed by atoms with Crippen LogP contribution in [0.5, 0.6) is 0 Å². The van der Waals surface area contributed by atoms with E-state index < -0.39 is 18.1 Å². The highest BCUT2D eigenvalue weighted by atomic mass is 16.5. The first kappa shape index (κ1) is 19.9. The zero-order valence-corrected chi connectivity index (χ0v) is 16.5. The molecule has 1 aliphatic carbocycles. The zero-order chi connectivity index (χ0) is 20.3. The van der Waals surface area contributed by atoms with Gasteiger partial charge in [-0.15, -0.1) is 0 Å². The number of hydrogen-bond acceptors (Lipinski definition) is 3. The third-order valence-electron chi connectivity index (χ3n) is 5.95. The number of rotatable bonds is 7. The van der Waals surface area contributed by atoms with Gasteiger partial charge in [-0.1, -0.05) is 75.7 Å². The lowest BCUT2D eigenvalue weighted by Crippen LogP contribution is -2.47. The van der Waals surface area contributed by atoms with E-state index in [4.69, 9.17) is 4.74 Å². The molecule has 0 saturated carbocycles. The lowest BCUT2D eigenvalue weighted by atomic mass is 9.87. The number of nitrogens with one attached hydrogen (secondary N) is 1. The Morgan fingerprint density at radius 3 is 2.07 bits per heavy atom. The van der Waals surface area contributed by atoms with Gasteiger partial charge in [0.1, 0.15) is 12.6 Å². The molecular weight excluding hydrogens is 354 g/mol. The van der Waals surface area contributed by atoms with Crippen LogP contribution in [-0.4, -0.2) is 29.8 Å². The third kappa shape index (κ3) is 3.88. The van der Waals surface area contributed by atoms with Gasteiger partial charge in [-0.3, -0.25) is 0 Å². The van der Waals surface area contributed by atoms with Gasteiger partial charge in [0.2, 0.25) is 0 Å². The summed E-state index contributed by atoms with van der Waals surface area (Å²) in [4.78, 5) is 24.0. The van der Waals surface area contributed by atoms with Crippen molar-refractivity contribution in [1.82, 2.24) is 5.32 Å². The van der Waals surface area contributed by atoms with Gasteiger partial charge in [0, 0.05) is 5.92 Å².